The molecule has 0 unspecified atom stereocenters. The van der Waals surface area contributed by atoms with E-state index >= 15 is 0 Å². The van der Waals surface area contributed by atoms with Gasteiger partial charge in [0.05, 0.1) is 12.1 Å². The average molecular weight is 291 g/mol. The lowest BCUT2D eigenvalue weighted by atomic mass is 9.96. The van der Waals surface area contributed by atoms with Crippen molar-refractivity contribution < 1.29 is 23.0 Å². The fourth-order valence-corrected chi connectivity index (χ4v) is 1.80. The number of rotatable bonds is 6. The van der Waals surface area contributed by atoms with Crippen LogP contribution in [-0.4, -0.2) is 17.6 Å². The average Bonchev–Trinajstić information content (AvgIpc) is 2.34. The molecule has 0 aliphatic heterocycles. The quantitative estimate of drug-likeness (QED) is 0.844. The number of benzene rings is 1. The van der Waals surface area contributed by atoms with E-state index in [4.69, 9.17) is 5.73 Å². The van der Waals surface area contributed by atoms with Crippen molar-refractivity contribution in [2.24, 2.45) is 11.7 Å². The maximum absolute atomic E-state index is 12.0. The number of hydrogen-bond donors (Lipinski definition) is 2. The van der Waals surface area contributed by atoms with E-state index in [2.05, 4.69) is 4.74 Å². The van der Waals surface area contributed by atoms with Crippen molar-refractivity contribution in [2.45, 2.75) is 45.2 Å². The normalized spacial score (nSPS) is 15.2. The van der Waals surface area contributed by atoms with Crippen molar-refractivity contribution in [3.05, 3.63) is 29.8 Å². The summed E-state index contributed by atoms with van der Waals surface area (Å²) in [5.74, 6) is 0.157. The first-order valence-electron chi connectivity index (χ1n) is 6.48. The molecule has 0 saturated carbocycles. The second-order valence-electron chi connectivity index (χ2n) is 5.18. The minimum atomic E-state index is -4.71. The molecule has 3 N–H and O–H groups in total. The Labute approximate surface area is 116 Å². The standard InChI is InChI=1S/C14H20F3NO2/c1-9(2)3-8-12(19)13(18)10-4-6-11(7-5-10)20-14(15,16)17/h4-7,9,12-13,19H,3,8,18H2,1-2H3/t12-,13+/m0/s1. The lowest BCUT2D eigenvalue weighted by Crippen LogP contribution is -2.26. The highest BCUT2D eigenvalue weighted by molar-refractivity contribution is 5.29. The van der Waals surface area contributed by atoms with E-state index in [1.807, 2.05) is 13.8 Å². The fourth-order valence-electron chi connectivity index (χ4n) is 1.80. The maximum Gasteiger partial charge on any atom is 0.573 e. The van der Waals surface area contributed by atoms with Gasteiger partial charge in [-0.05, 0) is 36.5 Å². The van der Waals surface area contributed by atoms with Crippen molar-refractivity contribution in [2.75, 3.05) is 0 Å². The van der Waals surface area contributed by atoms with E-state index in [0.29, 0.717) is 17.9 Å². The van der Waals surface area contributed by atoms with Crippen LogP contribution in [-0.2, 0) is 0 Å². The molecule has 1 rings (SSSR count). The summed E-state index contributed by atoms with van der Waals surface area (Å²) in [4.78, 5) is 0. The highest BCUT2D eigenvalue weighted by Crippen LogP contribution is 2.25. The third kappa shape index (κ3) is 5.79. The zero-order valence-electron chi connectivity index (χ0n) is 11.5. The Morgan fingerprint density at radius 3 is 2.15 bits per heavy atom. The Balaban J connectivity index is 2.63. The molecule has 0 heterocycles. The number of alkyl halides is 3. The van der Waals surface area contributed by atoms with Crippen LogP contribution in [0.1, 0.15) is 38.3 Å². The molecular formula is C14H20F3NO2. The first kappa shape index (κ1) is 16.8. The van der Waals surface area contributed by atoms with Crippen molar-refractivity contribution in [1.82, 2.24) is 0 Å². The summed E-state index contributed by atoms with van der Waals surface area (Å²) >= 11 is 0. The molecule has 0 bridgehead atoms. The van der Waals surface area contributed by atoms with Gasteiger partial charge >= 0.3 is 6.36 Å². The van der Waals surface area contributed by atoms with Gasteiger partial charge in [-0.1, -0.05) is 26.0 Å². The van der Waals surface area contributed by atoms with Crippen LogP contribution in [0.5, 0.6) is 5.75 Å². The second kappa shape index (κ2) is 6.95. The number of nitrogens with two attached hydrogens (primary N) is 1. The Kier molecular flexibility index (Phi) is 5.83. The summed E-state index contributed by atoms with van der Waals surface area (Å²) in [6, 6.07) is 4.64. The van der Waals surface area contributed by atoms with Crippen molar-refractivity contribution in [1.29, 1.82) is 0 Å². The van der Waals surface area contributed by atoms with E-state index in [0.717, 1.165) is 6.42 Å². The predicted octanol–water partition coefficient (Wildman–Crippen LogP) is 3.38. The largest absolute Gasteiger partial charge is 0.573 e. The predicted molar refractivity (Wildman–Crippen MR) is 70.1 cm³/mol. The summed E-state index contributed by atoms with van der Waals surface area (Å²) in [5.41, 5.74) is 6.47. The van der Waals surface area contributed by atoms with Crippen LogP contribution in [0.3, 0.4) is 0 Å². The van der Waals surface area contributed by atoms with E-state index in [1.165, 1.54) is 24.3 Å². The molecule has 1 aromatic rings. The molecule has 0 fully saturated rings. The third-order valence-electron chi connectivity index (χ3n) is 2.95. The summed E-state index contributed by atoms with van der Waals surface area (Å²) in [6.07, 6.45) is -4.03. The summed E-state index contributed by atoms with van der Waals surface area (Å²) in [5, 5.41) is 9.94. The minimum Gasteiger partial charge on any atom is -0.406 e. The monoisotopic (exact) mass is 291 g/mol. The highest BCUT2D eigenvalue weighted by Gasteiger charge is 2.31. The number of aliphatic hydroxyl groups excluding tert-OH is 1. The van der Waals surface area contributed by atoms with Gasteiger partial charge in [-0.2, -0.15) is 0 Å². The molecule has 6 heteroatoms. The van der Waals surface area contributed by atoms with Crippen molar-refractivity contribution in [3.63, 3.8) is 0 Å². The molecular weight excluding hydrogens is 271 g/mol. The van der Waals surface area contributed by atoms with Gasteiger partial charge in [-0.15, -0.1) is 13.2 Å². The fraction of sp³-hybridized carbons (Fsp3) is 0.571. The number of ether oxygens (including phenoxy) is 1. The number of halogens is 3. The Morgan fingerprint density at radius 2 is 1.70 bits per heavy atom. The number of aliphatic hydroxyl groups is 1. The van der Waals surface area contributed by atoms with Gasteiger partial charge in [0.1, 0.15) is 5.75 Å². The molecule has 0 spiro atoms. The Hall–Kier alpha value is -1.27. The van der Waals surface area contributed by atoms with Gasteiger partial charge in [0.25, 0.3) is 0 Å². The lowest BCUT2D eigenvalue weighted by Gasteiger charge is -2.20. The van der Waals surface area contributed by atoms with Crippen LogP contribution in [0.25, 0.3) is 0 Å². The van der Waals surface area contributed by atoms with Crippen molar-refractivity contribution in [3.8, 4) is 5.75 Å². The SMILES string of the molecule is CC(C)CC[C@H](O)[C@H](N)c1ccc(OC(F)(F)F)cc1. The molecule has 0 amide bonds. The summed E-state index contributed by atoms with van der Waals surface area (Å²) < 4.78 is 39.8. The third-order valence-corrected chi connectivity index (χ3v) is 2.95. The molecule has 1 aromatic carbocycles. The van der Waals surface area contributed by atoms with Gasteiger partial charge in [0.15, 0.2) is 0 Å². The summed E-state index contributed by atoms with van der Waals surface area (Å²) in [7, 11) is 0. The van der Waals surface area contributed by atoms with Crippen LogP contribution in [0, 0.1) is 5.92 Å². The zero-order valence-corrected chi connectivity index (χ0v) is 11.5. The lowest BCUT2D eigenvalue weighted by molar-refractivity contribution is -0.274. The Morgan fingerprint density at radius 1 is 1.15 bits per heavy atom. The molecule has 0 aliphatic carbocycles. The van der Waals surface area contributed by atoms with E-state index in [-0.39, 0.29) is 5.75 Å². The topological polar surface area (TPSA) is 55.5 Å². The summed E-state index contributed by atoms with van der Waals surface area (Å²) in [6.45, 7) is 4.09. The number of hydrogen-bond acceptors (Lipinski definition) is 3. The molecule has 114 valence electrons. The molecule has 0 aromatic heterocycles. The highest BCUT2D eigenvalue weighted by atomic mass is 19.4. The van der Waals surface area contributed by atoms with Gasteiger partial charge < -0.3 is 15.6 Å². The first-order chi connectivity index (χ1) is 9.19. The van der Waals surface area contributed by atoms with Crippen LogP contribution in [0.2, 0.25) is 0 Å². The van der Waals surface area contributed by atoms with Crippen LogP contribution in [0.4, 0.5) is 13.2 Å². The van der Waals surface area contributed by atoms with Crippen molar-refractivity contribution >= 4 is 0 Å². The van der Waals surface area contributed by atoms with Gasteiger partial charge in [-0.3, -0.25) is 0 Å². The van der Waals surface area contributed by atoms with Gasteiger partial charge in [-0.25, -0.2) is 0 Å². The second-order valence-corrected chi connectivity index (χ2v) is 5.18. The van der Waals surface area contributed by atoms with E-state index in [9.17, 15) is 18.3 Å². The van der Waals surface area contributed by atoms with E-state index < -0.39 is 18.5 Å². The Bertz CT molecular complexity index is 404. The molecule has 0 aliphatic rings. The van der Waals surface area contributed by atoms with Gasteiger partial charge in [0, 0.05) is 0 Å². The van der Waals surface area contributed by atoms with Crippen LogP contribution in [0.15, 0.2) is 24.3 Å². The zero-order chi connectivity index (χ0) is 15.3. The first-order valence-corrected chi connectivity index (χ1v) is 6.48. The smallest absolute Gasteiger partial charge is 0.406 e. The molecule has 0 saturated heterocycles. The van der Waals surface area contributed by atoms with Crippen LogP contribution < -0.4 is 10.5 Å². The van der Waals surface area contributed by atoms with Gasteiger partial charge in [0.2, 0.25) is 0 Å². The molecule has 20 heavy (non-hydrogen) atoms. The maximum atomic E-state index is 12.0. The molecule has 3 nitrogen and oxygen atoms in total. The molecule has 2 atom stereocenters. The van der Waals surface area contributed by atoms with Crippen LogP contribution >= 0.6 is 0 Å². The molecule has 0 radical (unpaired) electrons. The minimum absolute atomic E-state index is 0.301. The van der Waals surface area contributed by atoms with E-state index in [1.54, 1.807) is 0 Å².